The summed E-state index contributed by atoms with van der Waals surface area (Å²) >= 11 is 0. The Labute approximate surface area is 162 Å². The molecular weight excluding hydrogens is 299 g/mol. The molecule has 0 aliphatic rings. The van der Waals surface area contributed by atoms with Gasteiger partial charge >= 0.3 is 51.4 Å². The third-order valence-electron chi connectivity index (χ3n) is 3.27. The van der Waals surface area contributed by atoms with Crippen LogP contribution in [0.2, 0.25) is 0 Å². The third-order valence-corrected chi connectivity index (χ3v) is 4.15. The Balaban J connectivity index is 0.00000200. The van der Waals surface area contributed by atoms with Gasteiger partial charge in [-0.1, -0.05) is 50.1 Å². The molecule has 0 saturated heterocycles. The molecule has 2 aromatic carbocycles. The normalized spacial score (nSPS) is 11.3. The molecule has 5 heteroatoms. The van der Waals surface area contributed by atoms with Crippen molar-refractivity contribution in [1.82, 2.24) is 0 Å². The van der Waals surface area contributed by atoms with E-state index in [0.717, 1.165) is 36.6 Å². The summed E-state index contributed by atoms with van der Waals surface area (Å²) in [6, 6.07) is 10.5. The molecule has 0 aromatic heterocycles. The van der Waals surface area contributed by atoms with Gasteiger partial charge in [-0.3, -0.25) is 0 Å². The summed E-state index contributed by atoms with van der Waals surface area (Å²) in [5.41, 5.74) is 0.945. The number of fused-ring (bicyclic) bond motifs is 1. The van der Waals surface area contributed by atoms with Crippen LogP contribution in [0.4, 0.5) is 0 Å². The first-order valence-corrected chi connectivity index (χ1v) is 7.91. The summed E-state index contributed by atoms with van der Waals surface area (Å²) in [4.78, 5) is -0.0999. The first kappa shape index (κ1) is 18.3. The molecule has 0 fully saturated rings. The summed E-state index contributed by atoms with van der Waals surface area (Å²) in [7, 11) is -4.43. The maximum atomic E-state index is 11.4. The molecule has 0 N–H and O–H groups in total. The van der Waals surface area contributed by atoms with Crippen molar-refractivity contribution < 1.29 is 64.4 Å². The summed E-state index contributed by atoms with van der Waals surface area (Å²) in [6.07, 6.45) is 4.01. The molecule has 20 heavy (non-hydrogen) atoms. The predicted molar refractivity (Wildman–Crippen MR) is 75.1 cm³/mol. The number of aryl methyl sites for hydroxylation is 1. The van der Waals surface area contributed by atoms with Gasteiger partial charge in [0.05, 0.1) is 4.90 Å². The zero-order chi connectivity index (χ0) is 13.9. The van der Waals surface area contributed by atoms with E-state index in [0.29, 0.717) is 5.39 Å². The van der Waals surface area contributed by atoms with Gasteiger partial charge in [0, 0.05) is 5.39 Å². The molecule has 0 saturated carbocycles. The van der Waals surface area contributed by atoms with Gasteiger partial charge in [-0.2, -0.15) is 0 Å². The van der Waals surface area contributed by atoms with Crippen LogP contribution in [0.25, 0.3) is 10.8 Å². The number of benzene rings is 2. The first-order chi connectivity index (χ1) is 9.04. The molecule has 0 spiro atoms. The molecular formula is C15H17KO3S. The van der Waals surface area contributed by atoms with E-state index in [1.165, 1.54) is 6.07 Å². The summed E-state index contributed by atoms with van der Waals surface area (Å²) in [5, 5.41) is 1.40. The molecule has 0 aliphatic carbocycles. The maximum absolute atomic E-state index is 11.4. The van der Waals surface area contributed by atoms with E-state index in [1.807, 2.05) is 24.3 Å². The van der Waals surface area contributed by atoms with Gasteiger partial charge in [-0.05, 0) is 29.9 Å². The van der Waals surface area contributed by atoms with Gasteiger partial charge in [0.1, 0.15) is 10.1 Å². The van der Waals surface area contributed by atoms with Crippen molar-refractivity contribution in [2.24, 2.45) is 0 Å². The van der Waals surface area contributed by atoms with E-state index in [1.54, 1.807) is 6.07 Å². The first-order valence-electron chi connectivity index (χ1n) is 6.50. The Morgan fingerprint density at radius 3 is 2.30 bits per heavy atom. The van der Waals surface area contributed by atoms with E-state index in [4.69, 9.17) is 0 Å². The van der Waals surface area contributed by atoms with Crippen LogP contribution in [0.3, 0.4) is 0 Å². The Morgan fingerprint density at radius 1 is 1.05 bits per heavy atom. The largest absolute Gasteiger partial charge is 1.00 e. The van der Waals surface area contributed by atoms with Crippen LogP contribution in [0.1, 0.15) is 31.7 Å². The third kappa shape index (κ3) is 4.37. The van der Waals surface area contributed by atoms with Crippen molar-refractivity contribution in [1.29, 1.82) is 0 Å². The van der Waals surface area contributed by atoms with Crippen molar-refractivity contribution in [3.05, 3.63) is 42.0 Å². The number of rotatable bonds is 5. The summed E-state index contributed by atoms with van der Waals surface area (Å²) in [5.74, 6) is 0. The standard InChI is InChI=1S/C15H18O3S.K/c1-2-3-4-7-12-8-5-9-13-10-6-11-14(15(12)13)19(16,17)18;/h5-6,8-11H,2-4,7H2,1H3,(H,16,17,18);/q;+1/p-1. The van der Waals surface area contributed by atoms with Crippen molar-refractivity contribution >= 4 is 20.9 Å². The van der Waals surface area contributed by atoms with Gasteiger partial charge in [0.15, 0.2) is 0 Å². The average molecular weight is 316 g/mol. The van der Waals surface area contributed by atoms with E-state index in [2.05, 4.69) is 6.92 Å². The van der Waals surface area contributed by atoms with Crippen LogP contribution >= 0.6 is 0 Å². The van der Waals surface area contributed by atoms with Crippen LogP contribution in [0, 0.1) is 0 Å². The van der Waals surface area contributed by atoms with Crippen molar-refractivity contribution in [2.75, 3.05) is 0 Å². The Hall–Kier alpha value is 0.246. The van der Waals surface area contributed by atoms with Gasteiger partial charge in [-0.25, -0.2) is 8.42 Å². The SMILES string of the molecule is CCCCCc1cccc2cccc(S(=O)(=O)[O-])c12.[K+]. The zero-order valence-electron chi connectivity index (χ0n) is 11.9. The van der Waals surface area contributed by atoms with Crippen LogP contribution in [-0.4, -0.2) is 13.0 Å². The Bertz CT molecular complexity index is 675. The second-order valence-electron chi connectivity index (χ2n) is 4.68. The van der Waals surface area contributed by atoms with E-state index in [9.17, 15) is 13.0 Å². The molecule has 0 amide bonds. The Morgan fingerprint density at radius 2 is 1.70 bits per heavy atom. The van der Waals surface area contributed by atoms with Gasteiger partial charge < -0.3 is 4.55 Å². The van der Waals surface area contributed by atoms with Crippen LogP contribution in [0.15, 0.2) is 41.3 Å². The van der Waals surface area contributed by atoms with Crippen molar-refractivity contribution in [3.8, 4) is 0 Å². The molecule has 0 heterocycles. The van der Waals surface area contributed by atoms with Crippen LogP contribution < -0.4 is 51.4 Å². The quantitative estimate of drug-likeness (QED) is 0.458. The van der Waals surface area contributed by atoms with E-state index < -0.39 is 10.1 Å². The van der Waals surface area contributed by atoms with Crippen molar-refractivity contribution in [2.45, 2.75) is 37.5 Å². The van der Waals surface area contributed by atoms with Crippen molar-refractivity contribution in [3.63, 3.8) is 0 Å². The monoisotopic (exact) mass is 316 g/mol. The molecule has 0 aliphatic heterocycles. The molecule has 2 rings (SSSR count). The smallest absolute Gasteiger partial charge is 0.744 e. The molecule has 0 atom stereocenters. The van der Waals surface area contributed by atoms with Gasteiger partial charge in [0.25, 0.3) is 0 Å². The number of hydrogen-bond acceptors (Lipinski definition) is 3. The molecule has 2 aromatic rings. The van der Waals surface area contributed by atoms with E-state index in [-0.39, 0.29) is 56.3 Å². The fraction of sp³-hybridized carbons (Fsp3) is 0.333. The summed E-state index contributed by atoms with van der Waals surface area (Å²) in [6.45, 7) is 2.12. The zero-order valence-corrected chi connectivity index (χ0v) is 15.9. The minimum Gasteiger partial charge on any atom is -0.744 e. The molecule has 3 nitrogen and oxygen atoms in total. The fourth-order valence-electron chi connectivity index (χ4n) is 2.36. The number of unbranched alkanes of at least 4 members (excludes halogenated alkanes) is 2. The fourth-order valence-corrected chi connectivity index (χ4v) is 3.11. The minimum atomic E-state index is -4.43. The van der Waals surface area contributed by atoms with E-state index >= 15 is 0 Å². The predicted octanol–water partition coefficient (Wildman–Crippen LogP) is 0.481. The second-order valence-corrected chi connectivity index (χ2v) is 6.03. The summed E-state index contributed by atoms with van der Waals surface area (Å²) < 4.78 is 34.1. The topological polar surface area (TPSA) is 57.2 Å². The maximum Gasteiger partial charge on any atom is 1.00 e. The average Bonchev–Trinajstić information content (AvgIpc) is 2.37. The number of hydrogen-bond donors (Lipinski definition) is 0. The second kappa shape index (κ2) is 8.03. The Kier molecular flexibility index (Phi) is 7.35. The van der Waals surface area contributed by atoms with Crippen LogP contribution in [0.5, 0.6) is 0 Å². The molecule has 102 valence electrons. The van der Waals surface area contributed by atoms with Crippen LogP contribution in [-0.2, 0) is 16.5 Å². The minimum absolute atomic E-state index is 0. The molecule has 0 bridgehead atoms. The molecule has 0 radical (unpaired) electrons. The van der Waals surface area contributed by atoms with Gasteiger partial charge in [-0.15, -0.1) is 0 Å². The molecule has 0 unspecified atom stereocenters. The van der Waals surface area contributed by atoms with Gasteiger partial charge in [0.2, 0.25) is 0 Å².